The number of hydrogen-bond donors (Lipinski definition) is 1. The highest BCUT2D eigenvalue weighted by molar-refractivity contribution is 6.62. The van der Waals surface area contributed by atoms with Gasteiger partial charge < -0.3 is 24.1 Å². The maximum atomic E-state index is 12.9. The van der Waals surface area contributed by atoms with Crippen LogP contribution in [0.4, 0.5) is 13.2 Å². The second kappa shape index (κ2) is 8.69. The van der Waals surface area contributed by atoms with Crippen LogP contribution in [0.1, 0.15) is 40.5 Å². The van der Waals surface area contributed by atoms with Crippen LogP contribution >= 0.6 is 0 Å². The number of halogens is 3. The van der Waals surface area contributed by atoms with Crippen LogP contribution in [0.5, 0.6) is 5.75 Å². The Labute approximate surface area is 176 Å². The predicted molar refractivity (Wildman–Crippen MR) is 109 cm³/mol. The third kappa shape index (κ3) is 5.49. The van der Waals surface area contributed by atoms with E-state index in [2.05, 4.69) is 0 Å². The summed E-state index contributed by atoms with van der Waals surface area (Å²) in [5, 5.41) is 10.2. The summed E-state index contributed by atoms with van der Waals surface area (Å²) >= 11 is 0. The topological polar surface area (TPSA) is 51.2 Å². The van der Waals surface area contributed by atoms with E-state index in [1.165, 1.54) is 0 Å². The third-order valence-corrected chi connectivity index (χ3v) is 6.29. The fourth-order valence-electron chi connectivity index (χ4n) is 3.73. The molecule has 2 aliphatic rings. The number of rotatable bonds is 6. The van der Waals surface area contributed by atoms with Crippen LogP contribution in [0.3, 0.4) is 0 Å². The lowest BCUT2D eigenvalue weighted by Crippen LogP contribution is -2.45. The number of hydrogen-bond acceptors (Lipinski definition) is 5. The Morgan fingerprint density at radius 2 is 1.77 bits per heavy atom. The molecule has 0 aromatic heterocycles. The lowest BCUT2D eigenvalue weighted by molar-refractivity contribution is -0.187. The van der Waals surface area contributed by atoms with E-state index < -0.39 is 36.5 Å². The van der Waals surface area contributed by atoms with E-state index in [-0.39, 0.29) is 26.1 Å². The molecule has 1 aromatic carbocycles. The van der Waals surface area contributed by atoms with Crippen molar-refractivity contribution in [2.24, 2.45) is 5.92 Å². The Kier molecular flexibility index (Phi) is 6.77. The first-order chi connectivity index (χ1) is 13.9. The summed E-state index contributed by atoms with van der Waals surface area (Å²) < 4.78 is 56.4. The third-order valence-electron chi connectivity index (χ3n) is 6.29. The summed E-state index contributed by atoms with van der Waals surface area (Å²) in [4.78, 5) is 1.66. The number of piperidine rings is 1. The molecule has 2 atom stereocenters. The summed E-state index contributed by atoms with van der Waals surface area (Å²) in [7, 11) is -0.463. The molecule has 2 fully saturated rings. The quantitative estimate of drug-likeness (QED) is 0.705. The van der Waals surface area contributed by atoms with Gasteiger partial charge in [-0.15, -0.1) is 0 Å². The number of β-amino-alcohol motifs (C(OH)–C–C–N with tert-alkyl or cyclic N) is 1. The average Bonchev–Trinajstić information content (AvgIpc) is 2.87. The molecule has 0 aliphatic carbocycles. The predicted octanol–water partition coefficient (Wildman–Crippen LogP) is 3.00. The molecule has 2 unspecified atom stereocenters. The van der Waals surface area contributed by atoms with Crippen LogP contribution in [-0.2, 0) is 9.31 Å². The first-order valence-corrected chi connectivity index (χ1v) is 10.4. The van der Waals surface area contributed by atoms with Crippen LogP contribution in [0, 0.1) is 5.92 Å². The zero-order valence-corrected chi connectivity index (χ0v) is 18.0. The van der Waals surface area contributed by atoms with Gasteiger partial charge in [-0.1, -0.05) is 12.1 Å². The van der Waals surface area contributed by atoms with Gasteiger partial charge in [0.05, 0.1) is 17.1 Å². The van der Waals surface area contributed by atoms with Crippen molar-refractivity contribution in [3.05, 3.63) is 24.3 Å². The molecule has 2 heterocycles. The number of alkyl halides is 3. The first-order valence-electron chi connectivity index (χ1n) is 10.4. The van der Waals surface area contributed by atoms with Crippen molar-refractivity contribution in [2.45, 2.75) is 64.0 Å². The largest absolute Gasteiger partial charge is 0.494 e. The fourth-order valence-corrected chi connectivity index (χ4v) is 3.73. The highest BCUT2D eigenvalue weighted by Gasteiger charge is 2.51. The van der Waals surface area contributed by atoms with Crippen molar-refractivity contribution >= 4 is 12.6 Å². The van der Waals surface area contributed by atoms with Gasteiger partial charge in [-0.3, -0.25) is 0 Å². The molecule has 5 nitrogen and oxygen atoms in total. The van der Waals surface area contributed by atoms with Crippen molar-refractivity contribution in [3.63, 3.8) is 0 Å². The minimum Gasteiger partial charge on any atom is -0.491 e. The molecule has 0 saturated carbocycles. The molecule has 2 aliphatic heterocycles. The smallest absolute Gasteiger partial charge is 0.491 e. The maximum Gasteiger partial charge on any atom is 0.494 e. The molecule has 2 saturated heterocycles. The lowest BCUT2D eigenvalue weighted by Gasteiger charge is -2.34. The highest BCUT2D eigenvalue weighted by Crippen LogP contribution is 2.36. The van der Waals surface area contributed by atoms with E-state index in [1.807, 2.05) is 39.8 Å². The number of aliphatic hydroxyl groups excluding tert-OH is 1. The molecular formula is C21H31BF3NO4. The summed E-state index contributed by atoms with van der Waals surface area (Å²) in [6, 6.07) is 7.24. The molecule has 1 N–H and O–H groups in total. The van der Waals surface area contributed by atoms with E-state index in [1.54, 1.807) is 17.0 Å². The highest BCUT2D eigenvalue weighted by atomic mass is 19.4. The monoisotopic (exact) mass is 429 g/mol. The molecule has 1 aromatic rings. The van der Waals surface area contributed by atoms with Crippen molar-refractivity contribution in [3.8, 4) is 5.75 Å². The second-order valence-electron chi connectivity index (χ2n) is 9.26. The van der Waals surface area contributed by atoms with Crippen LogP contribution in [0.2, 0.25) is 0 Å². The number of benzene rings is 1. The lowest BCUT2D eigenvalue weighted by atomic mass is 9.79. The molecular weight excluding hydrogens is 398 g/mol. The minimum absolute atomic E-state index is 0.0169. The number of likely N-dealkylation sites (tertiary alicyclic amines) is 1. The first kappa shape index (κ1) is 23.4. The van der Waals surface area contributed by atoms with E-state index in [0.29, 0.717) is 18.7 Å². The molecule has 0 spiro atoms. The Balaban J connectivity index is 1.47. The van der Waals surface area contributed by atoms with E-state index in [0.717, 1.165) is 5.46 Å². The maximum absolute atomic E-state index is 12.9. The molecule has 0 radical (unpaired) electrons. The number of aliphatic hydroxyl groups is 1. The molecule has 168 valence electrons. The van der Waals surface area contributed by atoms with Gasteiger partial charge in [0.1, 0.15) is 18.5 Å². The molecule has 0 bridgehead atoms. The van der Waals surface area contributed by atoms with Gasteiger partial charge in [-0.25, -0.2) is 0 Å². The van der Waals surface area contributed by atoms with Gasteiger partial charge in [0.25, 0.3) is 0 Å². The molecule has 0 amide bonds. The summed E-state index contributed by atoms with van der Waals surface area (Å²) in [6.07, 6.45) is -4.40. The zero-order valence-electron chi connectivity index (χ0n) is 18.0. The minimum atomic E-state index is -4.18. The van der Waals surface area contributed by atoms with Crippen molar-refractivity contribution in [2.75, 3.05) is 26.2 Å². The van der Waals surface area contributed by atoms with Crippen molar-refractivity contribution in [1.29, 1.82) is 0 Å². The Hall–Kier alpha value is -1.29. The van der Waals surface area contributed by atoms with Gasteiger partial charge in [0.2, 0.25) is 0 Å². The summed E-state index contributed by atoms with van der Waals surface area (Å²) in [5.41, 5.74) is 0.0283. The van der Waals surface area contributed by atoms with E-state index in [9.17, 15) is 18.3 Å². The molecule has 3 rings (SSSR count). The SMILES string of the molecule is CC1(C)OB(c2ccc(OCC(O)CN3CCCC(C(F)(F)F)C3)cc2)OC1(C)C. The number of ether oxygens (including phenoxy) is 1. The molecule has 9 heteroatoms. The van der Waals surface area contributed by atoms with Crippen LogP contribution < -0.4 is 10.2 Å². The second-order valence-corrected chi connectivity index (χ2v) is 9.26. The van der Waals surface area contributed by atoms with Crippen LogP contribution in [0.25, 0.3) is 0 Å². The Morgan fingerprint density at radius 1 is 1.17 bits per heavy atom. The number of nitrogens with zero attached hydrogens (tertiary/aromatic N) is 1. The Morgan fingerprint density at radius 3 is 2.33 bits per heavy atom. The summed E-state index contributed by atoms with van der Waals surface area (Å²) in [6.45, 7) is 8.64. The van der Waals surface area contributed by atoms with Crippen molar-refractivity contribution < 1.29 is 32.3 Å². The van der Waals surface area contributed by atoms with Gasteiger partial charge in [-0.2, -0.15) is 13.2 Å². The van der Waals surface area contributed by atoms with Crippen molar-refractivity contribution in [1.82, 2.24) is 4.90 Å². The van der Waals surface area contributed by atoms with Gasteiger partial charge in [-0.05, 0) is 64.7 Å². The van der Waals surface area contributed by atoms with E-state index in [4.69, 9.17) is 14.0 Å². The zero-order chi connectivity index (χ0) is 22.2. The summed E-state index contributed by atoms with van der Waals surface area (Å²) in [5.74, 6) is -0.747. The average molecular weight is 429 g/mol. The normalized spacial score (nSPS) is 25.3. The standard InChI is InChI=1S/C21H31BF3NO4/c1-19(2)20(3,4)30-22(29-19)16-7-9-18(10-8-16)28-14-17(27)13-26-11-5-6-15(12-26)21(23,24)25/h7-10,15,17,27H,5-6,11-14H2,1-4H3. The van der Waals surface area contributed by atoms with Gasteiger partial charge in [0.15, 0.2) is 0 Å². The van der Waals surface area contributed by atoms with Crippen LogP contribution in [-0.4, -0.2) is 66.8 Å². The Bertz CT molecular complexity index is 695. The van der Waals surface area contributed by atoms with Gasteiger partial charge >= 0.3 is 13.3 Å². The molecule has 30 heavy (non-hydrogen) atoms. The van der Waals surface area contributed by atoms with E-state index >= 15 is 0 Å². The van der Waals surface area contributed by atoms with Gasteiger partial charge in [0, 0.05) is 13.1 Å². The fraction of sp³-hybridized carbons (Fsp3) is 0.714. The van der Waals surface area contributed by atoms with Crippen LogP contribution in [0.15, 0.2) is 24.3 Å².